The molecule has 0 bridgehead atoms. The van der Waals surface area contributed by atoms with Crippen molar-refractivity contribution in [2.24, 2.45) is 11.8 Å². The van der Waals surface area contributed by atoms with Crippen LogP contribution in [0.1, 0.15) is 110 Å². The van der Waals surface area contributed by atoms with E-state index in [1.807, 2.05) is 0 Å². The number of carboxylic acids is 1. The monoisotopic (exact) mass is 310 g/mol. The van der Waals surface area contributed by atoms with Crippen LogP contribution in [-0.2, 0) is 4.79 Å². The molecule has 2 nitrogen and oxygen atoms in total. The first-order valence-electron chi connectivity index (χ1n) is 9.95. The van der Waals surface area contributed by atoms with Crippen LogP contribution in [0.5, 0.6) is 0 Å². The van der Waals surface area contributed by atoms with Crippen LogP contribution in [0.25, 0.3) is 0 Å². The molecule has 1 saturated carbocycles. The minimum Gasteiger partial charge on any atom is -0.481 e. The van der Waals surface area contributed by atoms with Crippen LogP contribution >= 0.6 is 0 Å². The number of carbonyl (C=O) groups is 1. The highest BCUT2D eigenvalue weighted by molar-refractivity contribution is 5.66. The van der Waals surface area contributed by atoms with Gasteiger partial charge < -0.3 is 5.11 Å². The molecule has 1 fully saturated rings. The molecule has 2 atom stereocenters. The number of hydrogen-bond acceptors (Lipinski definition) is 1. The molecule has 0 radical (unpaired) electrons. The van der Waals surface area contributed by atoms with Crippen molar-refractivity contribution in [3.05, 3.63) is 0 Å². The molecular formula is C20H38O2. The molecule has 1 aliphatic carbocycles. The molecule has 0 aromatic rings. The lowest BCUT2D eigenvalue weighted by Gasteiger charge is -2.19. The third-order valence-electron chi connectivity index (χ3n) is 5.46. The molecule has 1 unspecified atom stereocenters. The van der Waals surface area contributed by atoms with Gasteiger partial charge in [-0.05, 0) is 18.3 Å². The Labute approximate surface area is 138 Å². The van der Waals surface area contributed by atoms with E-state index < -0.39 is 5.97 Å². The smallest absolute Gasteiger partial charge is 0.303 e. The minimum absolute atomic E-state index is 0.351. The maximum Gasteiger partial charge on any atom is 0.303 e. The van der Waals surface area contributed by atoms with Crippen molar-refractivity contribution in [1.29, 1.82) is 0 Å². The molecule has 0 aliphatic heterocycles. The summed E-state index contributed by atoms with van der Waals surface area (Å²) >= 11 is 0. The lowest BCUT2D eigenvalue weighted by atomic mass is 9.86. The molecule has 0 amide bonds. The van der Waals surface area contributed by atoms with Gasteiger partial charge in [0.15, 0.2) is 0 Å². The van der Waals surface area contributed by atoms with Crippen LogP contribution in [0.4, 0.5) is 0 Å². The molecule has 0 spiro atoms. The van der Waals surface area contributed by atoms with Gasteiger partial charge in [-0.15, -0.1) is 0 Å². The largest absolute Gasteiger partial charge is 0.481 e. The van der Waals surface area contributed by atoms with Crippen LogP contribution in [0.3, 0.4) is 0 Å². The Balaban J connectivity index is 1.99. The number of unbranched alkanes of at least 4 members (excludes halogenated alkanes) is 8. The first kappa shape index (κ1) is 19.5. The molecule has 130 valence electrons. The molecule has 1 aliphatic rings. The molecule has 0 saturated heterocycles. The highest BCUT2D eigenvalue weighted by Gasteiger charge is 2.25. The molecule has 1 N–H and O–H groups in total. The zero-order chi connectivity index (χ0) is 16.0. The summed E-state index contributed by atoms with van der Waals surface area (Å²) in [6.07, 6.45) is 20.6. The topological polar surface area (TPSA) is 37.3 Å². The van der Waals surface area contributed by atoms with Gasteiger partial charge in [0.2, 0.25) is 0 Å². The van der Waals surface area contributed by atoms with Gasteiger partial charge in [0, 0.05) is 6.42 Å². The molecular weight excluding hydrogens is 272 g/mol. The lowest BCUT2D eigenvalue weighted by molar-refractivity contribution is -0.137. The van der Waals surface area contributed by atoms with E-state index in [0.29, 0.717) is 6.42 Å². The van der Waals surface area contributed by atoms with Crippen molar-refractivity contribution in [3.8, 4) is 0 Å². The molecule has 0 aromatic carbocycles. The first-order valence-corrected chi connectivity index (χ1v) is 9.95. The van der Waals surface area contributed by atoms with Crippen LogP contribution < -0.4 is 0 Å². The average Bonchev–Trinajstić information content (AvgIpc) is 2.93. The third-order valence-corrected chi connectivity index (χ3v) is 5.46. The van der Waals surface area contributed by atoms with Crippen LogP contribution in [0.15, 0.2) is 0 Å². The zero-order valence-electron chi connectivity index (χ0n) is 14.8. The molecule has 2 heteroatoms. The normalized spacial score (nSPS) is 21.3. The van der Waals surface area contributed by atoms with Gasteiger partial charge in [0.05, 0.1) is 0 Å². The SMILES string of the molecule is CCCCCCCCC1CCC[C@@H]1CCCCCCC(=O)O. The Hall–Kier alpha value is -0.530. The second-order valence-electron chi connectivity index (χ2n) is 7.35. The summed E-state index contributed by atoms with van der Waals surface area (Å²) in [4.78, 5) is 10.5. The predicted octanol–water partition coefficient (Wildman–Crippen LogP) is 6.58. The van der Waals surface area contributed by atoms with E-state index in [2.05, 4.69) is 6.92 Å². The summed E-state index contributed by atoms with van der Waals surface area (Å²) in [5, 5.41) is 8.63. The summed E-state index contributed by atoms with van der Waals surface area (Å²) in [5.74, 6) is 1.34. The first-order chi connectivity index (χ1) is 10.7. The predicted molar refractivity (Wildman–Crippen MR) is 94.2 cm³/mol. The van der Waals surface area contributed by atoms with Crippen LogP contribution in [-0.4, -0.2) is 11.1 Å². The van der Waals surface area contributed by atoms with Crippen LogP contribution in [0, 0.1) is 11.8 Å². The number of hydrogen-bond donors (Lipinski definition) is 1. The summed E-state index contributed by atoms with van der Waals surface area (Å²) in [7, 11) is 0. The second kappa shape index (κ2) is 13.0. The fourth-order valence-electron chi connectivity index (χ4n) is 4.10. The highest BCUT2D eigenvalue weighted by Crippen LogP contribution is 2.38. The number of rotatable bonds is 14. The van der Waals surface area contributed by atoms with Gasteiger partial charge in [-0.1, -0.05) is 96.8 Å². The van der Waals surface area contributed by atoms with Gasteiger partial charge in [-0.25, -0.2) is 0 Å². The van der Waals surface area contributed by atoms with Crippen molar-refractivity contribution in [2.75, 3.05) is 0 Å². The Morgan fingerprint density at radius 3 is 1.86 bits per heavy atom. The standard InChI is InChI=1S/C20H38O2/c1-2-3-4-5-6-9-13-18-15-12-16-19(18)14-10-7-8-11-17-20(21)22/h18-19H,2-17H2,1H3,(H,21,22)/t18?,19-/m0/s1. The number of carboxylic acid groups (broad SMARTS) is 1. The van der Waals surface area contributed by atoms with Gasteiger partial charge in [0.25, 0.3) is 0 Å². The summed E-state index contributed by atoms with van der Waals surface area (Å²) in [5.41, 5.74) is 0. The van der Waals surface area contributed by atoms with Crippen molar-refractivity contribution >= 4 is 5.97 Å². The Morgan fingerprint density at radius 2 is 1.32 bits per heavy atom. The summed E-state index contributed by atoms with van der Waals surface area (Å²) < 4.78 is 0. The highest BCUT2D eigenvalue weighted by atomic mass is 16.4. The van der Waals surface area contributed by atoms with E-state index in [1.165, 1.54) is 83.5 Å². The average molecular weight is 311 g/mol. The van der Waals surface area contributed by atoms with E-state index in [1.54, 1.807) is 0 Å². The molecule has 22 heavy (non-hydrogen) atoms. The van der Waals surface area contributed by atoms with E-state index in [9.17, 15) is 4.79 Å². The van der Waals surface area contributed by atoms with Gasteiger partial charge in [0.1, 0.15) is 0 Å². The van der Waals surface area contributed by atoms with Crippen LogP contribution in [0.2, 0.25) is 0 Å². The van der Waals surface area contributed by atoms with Crippen molar-refractivity contribution in [2.45, 2.75) is 110 Å². The lowest BCUT2D eigenvalue weighted by Crippen LogP contribution is -2.08. The zero-order valence-corrected chi connectivity index (χ0v) is 14.8. The van der Waals surface area contributed by atoms with Gasteiger partial charge >= 0.3 is 5.97 Å². The molecule has 1 rings (SSSR count). The maximum atomic E-state index is 10.5. The Morgan fingerprint density at radius 1 is 0.818 bits per heavy atom. The maximum absolute atomic E-state index is 10.5. The van der Waals surface area contributed by atoms with E-state index >= 15 is 0 Å². The minimum atomic E-state index is -0.644. The van der Waals surface area contributed by atoms with E-state index in [-0.39, 0.29) is 0 Å². The third kappa shape index (κ3) is 9.48. The Bertz CT molecular complexity index is 275. The van der Waals surface area contributed by atoms with E-state index in [0.717, 1.165) is 24.7 Å². The Kier molecular flexibility index (Phi) is 11.5. The van der Waals surface area contributed by atoms with Gasteiger partial charge in [-0.3, -0.25) is 4.79 Å². The van der Waals surface area contributed by atoms with Gasteiger partial charge in [-0.2, -0.15) is 0 Å². The second-order valence-corrected chi connectivity index (χ2v) is 7.35. The molecule has 0 heterocycles. The van der Waals surface area contributed by atoms with Crippen molar-refractivity contribution < 1.29 is 9.90 Å². The fourth-order valence-corrected chi connectivity index (χ4v) is 4.10. The number of aliphatic carboxylic acids is 1. The van der Waals surface area contributed by atoms with Crippen molar-refractivity contribution in [1.82, 2.24) is 0 Å². The van der Waals surface area contributed by atoms with E-state index in [4.69, 9.17) is 5.11 Å². The quantitative estimate of drug-likeness (QED) is 0.368. The fraction of sp³-hybridized carbons (Fsp3) is 0.950. The van der Waals surface area contributed by atoms with Crippen molar-refractivity contribution in [3.63, 3.8) is 0 Å². The summed E-state index contributed by atoms with van der Waals surface area (Å²) in [6.45, 7) is 2.28. The molecule has 0 aromatic heterocycles. The summed E-state index contributed by atoms with van der Waals surface area (Å²) in [6, 6.07) is 0.